The Labute approximate surface area is 256 Å². The summed E-state index contributed by atoms with van der Waals surface area (Å²) >= 11 is 0. The van der Waals surface area contributed by atoms with Gasteiger partial charge in [0.05, 0.1) is 15.5 Å². The zero-order valence-electron chi connectivity index (χ0n) is 23.6. The minimum atomic E-state index is -4.14. The van der Waals surface area contributed by atoms with Gasteiger partial charge in [-0.15, -0.1) is 0 Å². The standard InChI is InChI=1S/C33H29N3O6S2/c1-25-12-20-32(21-13-25)44(40,41)36(28-16-18-30(19-17-28)42-29-10-6-3-7-11-29)24-33(37)34-26-14-22-31(23-15-26)43(38,39)35-27-8-4-2-5-9-27/h2-23,35H,24H2,1H3,(H,34,37). The zero-order chi connectivity index (χ0) is 31.2. The van der Waals surface area contributed by atoms with Gasteiger partial charge in [-0.2, -0.15) is 0 Å². The minimum absolute atomic E-state index is 0.000684. The molecule has 0 atom stereocenters. The van der Waals surface area contributed by atoms with Crippen molar-refractivity contribution in [2.45, 2.75) is 16.7 Å². The van der Waals surface area contributed by atoms with E-state index in [2.05, 4.69) is 10.0 Å². The van der Waals surface area contributed by atoms with Gasteiger partial charge in [-0.25, -0.2) is 16.8 Å². The number of nitrogens with one attached hydrogen (secondary N) is 2. The molecule has 224 valence electrons. The molecule has 0 spiro atoms. The number of anilines is 3. The third-order valence-corrected chi connectivity index (χ3v) is 9.66. The Balaban J connectivity index is 1.35. The molecule has 2 N–H and O–H groups in total. The highest BCUT2D eigenvalue weighted by Gasteiger charge is 2.27. The van der Waals surface area contributed by atoms with Crippen LogP contribution in [-0.4, -0.2) is 29.3 Å². The number of sulfonamides is 2. The second-order valence-corrected chi connectivity index (χ2v) is 13.3. The van der Waals surface area contributed by atoms with Crippen LogP contribution in [0.2, 0.25) is 0 Å². The van der Waals surface area contributed by atoms with Crippen LogP contribution in [0.15, 0.2) is 143 Å². The second kappa shape index (κ2) is 13.0. The molecule has 0 saturated heterocycles. The van der Waals surface area contributed by atoms with E-state index in [9.17, 15) is 21.6 Å². The summed E-state index contributed by atoms with van der Waals surface area (Å²) in [5.41, 5.74) is 1.86. The fraction of sp³-hybridized carbons (Fsp3) is 0.0606. The molecule has 0 aromatic heterocycles. The summed E-state index contributed by atoms with van der Waals surface area (Å²) in [6.45, 7) is 1.31. The van der Waals surface area contributed by atoms with Crippen LogP contribution >= 0.6 is 0 Å². The lowest BCUT2D eigenvalue weighted by atomic mass is 10.2. The minimum Gasteiger partial charge on any atom is -0.457 e. The number of carbonyl (C=O) groups is 1. The van der Waals surface area contributed by atoms with Crippen molar-refractivity contribution >= 4 is 43.0 Å². The molecule has 0 aliphatic heterocycles. The molecule has 0 aliphatic rings. The number of carbonyl (C=O) groups excluding carboxylic acids is 1. The first-order chi connectivity index (χ1) is 21.1. The maximum absolute atomic E-state index is 13.8. The molecule has 1 amide bonds. The number of hydrogen-bond donors (Lipinski definition) is 2. The molecular formula is C33H29N3O6S2. The van der Waals surface area contributed by atoms with Gasteiger partial charge in [-0.1, -0.05) is 54.1 Å². The van der Waals surface area contributed by atoms with Gasteiger partial charge in [0.15, 0.2) is 0 Å². The highest BCUT2D eigenvalue weighted by atomic mass is 32.2. The smallest absolute Gasteiger partial charge is 0.264 e. The molecule has 9 nitrogen and oxygen atoms in total. The van der Waals surface area contributed by atoms with Crippen LogP contribution in [0.3, 0.4) is 0 Å². The molecule has 0 fully saturated rings. The number of aryl methyl sites for hydroxylation is 1. The summed E-state index contributed by atoms with van der Waals surface area (Å²) in [6.07, 6.45) is 0. The van der Waals surface area contributed by atoms with Crippen molar-refractivity contribution in [2.75, 3.05) is 20.9 Å². The van der Waals surface area contributed by atoms with Gasteiger partial charge in [0.25, 0.3) is 20.0 Å². The summed E-state index contributed by atoms with van der Waals surface area (Å²) in [5, 5.41) is 2.66. The average molecular weight is 628 g/mol. The van der Waals surface area contributed by atoms with E-state index in [0.717, 1.165) is 9.87 Å². The van der Waals surface area contributed by atoms with E-state index >= 15 is 0 Å². The Kier molecular flexibility index (Phi) is 8.98. The second-order valence-electron chi connectivity index (χ2n) is 9.78. The summed E-state index contributed by atoms with van der Waals surface area (Å²) < 4.78 is 62.3. The van der Waals surface area contributed by atoms with E-state index in [-0.39, 0.29) is 15.5 Å². The maximum atomic E-state index is 13.8. The van der Waals surface area contributed by atoms with Gasteiger partial charge in [0.1, 0.15) is 18.0 Å². The topological polar surface area (TPSA) is 122 Å². The summed E-state index contributed by atoms with van der Waals surface area (Å²) in [6, 6.07) is 35.9. The first kappa shape index (κ1) is 30.3. The van der Waals surface area contributed by atoms with Crippen LogP contribution in [0, 0.1) is 6.92 Å². The Morgan fingerprint density at radius 1 is 0.636 bits per heavy atom. The molecule has 5 rings (SSSR count). The Morgan fingerprint density at radius 3 is 1.80 bits per heavy atom. The van der Waals surface area contributed by atoms with E-state index in [1.807, 2.05) is 25.1 Å². The fourth-order valence-electron chi connectivity index (χ4n) is 4.23. The third-order valence-electron chi connectivity index (χ3n) is 6.47. The first-order valence-corrected chi connectivity index (χ1v) is 16.4. The van der Waals surface area contributed by atoms with Crippen molar-refractivity contribution in [3.63, 3.8) is 0 Å². The molecule has 5 aromatic carbocycles. The van der Waals surface area contributed by atoms with Crippen molar-refractivity contribution in [3.8, 4) is 11.5 Å². The number of rotatable bonds is 11. The van der Waals surface area contributed by atoms with Gasteiger partial charge >= 0.3 is 0 Å². The van der Waals surface area contributed by atoms with Crippen LogP contribution in [0.4, 0.5) is 17.1 Å². The maximum Gasteiger partial charge on any atom is 0.264 e. The number of amides is 1. The van der Waals surface area contributed by atoms with Crippen molar-refractivity contribution in [2.24, 2.45) is 0 Å². The number of para-hydroxylation sites is 2. The number of benzene rings is 5. The van der Waals surface area contributed by atoms with E-state index in [1.54, 1.807) is 78.9 Å². The molecule has 0 bridgehead atoms. The molecule has 0 unspecified atom stereocenters. The lowest BCUT2D eigenvalue weighted by molar-refractivity contribution is -0.114. The summed E-state index contributed by atoms with van der Waals surface area (Å²) in [7, 11) is -7.99. The highest BCUT2D eigenvalue weighted by molar-refractivity contribution is 7.93. The van der Waals surface area contributed by atoms with Gasteiger partial charge in [0.2, 0.25) is 5.91 Å². The van der Waals surface area contributed by atoms with E-state index < -0.39 is 32.5 Å². The normalized spacial score (nSPS) is 11.4. The SMILES string of the molecule is Cc1ccc(S(=O)(=O)N(CC(=O)Nc2ccc(S(=O)(=O)Nc3ccccc3)cc2)c2ccc(Oc3ccccc3)cc2)cc1. The van der Waals surface area contributed by atoms with Crippen LogP contribution < -0.4 is 19.1 Å². The van der Waals surface area contributed by atoms with Crippen molar-refractivity contribution in [3.05, 3.63) is 139 Å². The lowest BCUT2D eigenvalue weighted by Crippen LogP contribution is -2.38. The fourth-order valence-corrected chi connectivity index (χ4v) is 6.71. The predicted molar refractivity (Wildman–Crippen MR) is 171 cm³/mol. The van der Waals surface area contributed by atoms with E-state index in [0.29, 0.717) is 22.9 Å². The monoisotopic (exact) mass is 627 g/mol. The molecule has 44 heavy (non-hydrogen) atoms. The molecule has 0 saturated carbocycles. The zero-order valence-corrected chi connectivity index (χ0v) is 25.3. The molecule has 11 heteroatoms. The first-order valence-electron chi connectivity index (χ1n) is 13.5. The van der Waals surface area contributed by atoms with E-state index in [4.69, 9.17) is 4.74 Å². The van der Waals surface area contributed by atoms with Gasteiger partial charge < -0.3 is 10.1 Å². The van der Waals surface area contributed by atoms with Crippen molar-refractivity contribution in [1.29, 1.82) is 0 Å². The molecular weight excluding hydrogens is 599 g/mol. The molecule has 0 aliphatic carbocycles. The number of ether oxygens (including phenoxy) is 1. The highest BCUT2D eigenvalue weighted by Crippen LogP contribution is 2.28. The lowest BCUT2D eigenvalue weighted by Gasteiger charge is -2.24. The van der Waals surface area contributed by atoms with Gasteiger partial charge in [-0.3, -0.25) is 13.8 Å². The largest absolute Gasteiger partial charge is 0.457 e. The van der Waals surface area contributed by atoms with Gasteiger partial charge in [0, 0.05) is 11.4 Å². The van der Waals surface area contributed by atoms with Crippen LogP contribution in [0.1, 0.15) is 5.56 Å². The third kappa shape index (κ3) is 7.44. The summed E-state index contributed by atoms with van der Waals surface area (Å²) in [4.78, 5) is 13.2. The quantitative estimate of drug-likeness (QED) is 0.174. The molecule has 0 heterocycles. The number of nitrogens with zero attached hydrogens (tertiary/aromatic N) is 1. The average Bonchev–Trinajstić information content (AvgIpc) is 3.02. The number of hydrogen-bond acceptors (Lipinski definition) is 6. The van der Waals surface area contributed by atoms with Crippen molar-refractivity contribution < 1.29 is 26.4 Å². The Hall–Kier alpha value is -5.13. The van der Waals surface area contributed by atoms with Crippen LogP contribution in [0.25, 0.3) is 0 Å². The Morgan fingerprint density at radius 2 is 1.18 bits per heavy atom. The van der Waals surface area contributed by atoms with Crippen LogP contribution in [-0.2, 0) is 24.8 Å². The predicted octanol–water partition coefficient (Wildman–Crippen LogP) is 6.42. The molecule has 0 radical (unpaired) electrons. The molecule has 5 aromatic rings. The Bertz CT molecular complexity index is 1930. The van der Waals surface area contributed by atoms with Crippen LogP contribution in [0.5, 0.6) is 11.5 Å². The van der Waals surface area contributed by atoms with E-state index in [1.165, 1.54) is 36.4 Å². The van der Waals surface area contributed by atoms with Gasteiger partial charge in [-0.05, 0) is 91.9 Å². The van der Waals surface area contributed by atoms with Crippen molar-refractivity contribution in [1.82, 2.24) is 0 Å². The summed E-state index contributed by atoms with van der Waals surface area (Å²) in [5.74, 6) is 0.496.